The standard InChI is InChI=1S/C14H18N4O2/c1-9(15)13(10-7-17-18(2)8-10)20-12-6-4-3-5-11(12)14(16)19/h3-9,13H,15H2,1-2H3,(H2,16,19). The molecule has 2 unspecified atom stereocenters. The third-order valence-electron chi connectivity index (χ3n) is 2.94. The van der Waals surface area contributed by atoms with E-state index >= 15 is 0 Å². The zero-order valence-electron chi connectivity index (χ0n) is 11.5. The summed E-state index contributed by atoms with van der Waals surface area (Å²) in [4.78, 5) is 11.4. The Hall–Kier alpha value is -2.34. The number of rotatable bonds is 5. The van der Waals surface area contributed by atoms with E-state index in [0.717, 1.165) is 5.56 Å². The molecule has 1 aromatic carbocycles. The van der Waals surface area contributed by atoms with Crippen molar-refractivity contribution in [3.63, 3.8) is 0 Å². The number of carbonyl (C=O) groups excluding carboxylic acids is 1. The molecule has 0 saturated heterocycles. The second kappa shape index (κ2) is 5.75. The number of carbonyl (C=O) groups is 1. The minimum Gasteiger partial charge on any atom is -0.483 e. The van der Waals surface area contributed by atoms with Gasteiger partial charge in [-0.2, -0.15) is 5.10 Å². The predicted molar refractivity (Wildman–Crippen MR) is 75.2 cm³/mol. The Morgan fingerprint density at radius 1 is 1.40 bits per heavy atom. The van der Waals surface area contributed by atoms with Gasteiger partial charge in [-0.1, -0.05) is 12.1 Å². The van der Waals surface area contributed by atoms with Crippen molar-refractivity contribution in [2.75, 3.05) is 0 Å². The van der Waals surface area contributed by atoms with Gasteiger partial charge in [0.2, 0.25) is 0 Å². The van der Waals surface area contributed by atoms with E-state index in [-0.39, 0.29) is 6.04 Å². The monoisotopic (exact) mass is 274 g/mol. The quantitative estimate of drug-likeness (QED) is 0.849. The molecule has 1 heterocycles. The summed E-state index contributed by atoms with van der Waals surface area (Å²) in [5.74, 6) is -0.110. The lowest BCUT2D eigenvalue weighted by atomic mass is 10.1. The smallest absolute Gasteiger partial charge is 0.252 e. The van der Waals surface area contributed by atoms with Gasteiger partial charge in [-0.3, -0.25) is 9.48 Å². The number of benzene rings is 1. The highest BCUT2D eigenvalue weighted by Crippen LogP contribution is 2.26. The van der Waals surface area contributed by atoms with Crippen molar-refractivity contribution in [3.05, 3.63) is 47.8 Å². The highest BCUT2D eigenvalue weighted by Gasteiger charge is 2.21. The van der Waals surface area contributed by atoms with E-state index in [4.69, 9.17) is 16.2 Å². The Kier molecular flexibility index (Phi) is 4.05. The normalized spacial score (nSPS) is 13.8. The molecule has 0 aliphatic carbocycles. The van der Waals surface area contributed by atoms with Gasteiger partial charge >= 0.3 is 0 Å². The number of nitrogens with zero attached hydrogens (tertiary/aromatic N) is 2. The van der Waals surface area contributed by atoms with Crippen molar-refractivity contribution < 1.29 is 9.53 Å². The molecule has 1 amide bonds. The maximum Gasteiger partial charge on any atom is 0.252 e. The SMILES string of the molecule is CC(N)C(Oc1ccccc1C(N)=O)c1cnn(C)c1. The summed E-state index contributed by atoms with van der Waals surface area (Å²) in [5.41, 5.74) is 12.5. The zero-order chi connectivity index (χ0) is 14.7. The molecular weight excluding hydrogens is 256 g/mol. The molecule has 2 atom stereocenters. The maximum atomic E-state index is 11.4. The number of amides is 1. The molecule has 106 valence electrons. The van der Waals surface area contributed by atoms with E-state index in [0.29, 0.717) is 11.3 Å². The van der Waals surface area contributed by atoms with Gasteiger partial charge in [0, 0.05) is 24.8 Å². The second-order valence-corrected chi connectivity index (χ2v) is 4.71. The molecule has 0 saturated carbocycles. The molecule has 0 fully saturated rings. The van der Waals surface area contributed by atoms with Gasteiger partial charge in [0.1, 0.15) is 11.9 Å². The maximum absolute atomic E-state index is 11.4. The topological polar surface area (TPSA) is 96.2 Å². The fraction of sp³-hybridized carbons (Fsp3) is 0.286. The van der Waals surface area contributed by atoms with E-state index < -0.39 is 12.0 Å². The van der Waals surface area contributed by atoms with Crippen molar-refractivity contribution in [2.24, 2.45) is 18.5 Å². The largest absolute Gasteiger partial charge is 0.483 e. The van der Waals surface area contributed by atoms with Crippen LogP contribution in [-0.2, 0) is 7.05 Å². The van der Waals surface area contributed by atoms with Crippen LogP contribution in [0.4, 0.5) is 0 Å². The highest BCUT2D eigenvalue weighted by atomic mass is 16.5. The third kappa shape index (κ3) is 2.97. The van der Waals surface area contributed by atoms with Gasteiger partial charge in [0.05, 0.1) is 11.8 Å². The van der Waals surface area contributed by atoms with Gasteiger partial charge in [-0.15, -0.1) is 0 Å². The number of para-hydroxylation sites is 1. The summed E-state index contributed by atoms with van der Waals surface area (Å²) in [7, 11) is 1.82. The van der Waals surface area contributed by atoms with E-state index in [1.54, 1.807) is 35.1 Å². The zero-order valence-corrected chi connectivity index (χ0v) is 11.5. The minimum atomic E-state index is -0.532. The van der Waals surface area contributed by atoms with Crippen LogP contribution in [-0.4, -0.2) is 21.7 Å². The lowest BCUT2D eigenvalue weighted by Crippen LogP contribution is -2.29. The van der Waals surface area contributed by atoms with Crippen LogP contribution in [0.2, 0.25) is 0 Å². The van der Waals surface area contributed by atoms with Crippen LogP contribution >= 0.6 is 0 Å². The first-order valence-electron chi connectivity index (χ1n) is 6.28. The fourth-order valence-electron chi connectivity index (χ4n) is 1.98. The van der Waals surface area contributed by atoms with Gasteiger partial charge in [0.25, 0.3) is 5.91 Å². The molecule has 6 heteroatoms. The number of primary amides is 1. The molecule has 0 radical (unpaired) electrons. The number of hydrogen-bond acceptors (Lipinski definition) is 4. The highest BCUT2D eigenvalue weighted by molar-refractivity contribution is 5.95. The number of nitrogens with two attached hydrogens (primary N) is 2. The Balaban J connectivity index is 2.32. The number of hydrogen-bond donors (Lipinski definition) is 2. The first-order valence-corrected chi connectivity index (χ1v) is 6.28. The lowest BCUT2D eigenvalue weighted by Gasteiger charge is -2.22. The molecule has 0 spiro atoms. The van der Waals surface area contributed by atoms with Crippen LogP contribution in [0.15, 0.2) is 36.7 Å². The molecule has 2 rings (SSSR count). The van der Waals surface area contributed by atoms with Gasteiger partial charge in [-0.25, -0.2) is 0 Å². The summed E-state index contributed by atoms with van der Waals surface area (Å²) in [6.45, 7) is 1.84. The van der Waals surface area contributed by atoms with Crippen LogP contribution in [0.1, 0.15) is 28.9 Å². The molecule has 20 heavy (non-hydrogen) atoms. The van der Waals surface area contributed by atoms with Gasteiger partial charge < -0.3 is 16.2 Å². The van der Waals surface area contributed by atoms with Crippen molar-refractivity contribution in [2.45, 2.75) is 19.1 Å². The minimum absolute atomic E-state index is 0.264. The number of aromatic nitrogens is 2. The molecule has 4 N–H and O–H groups in total. The van der Waals surface area contributed by atoms with Crippen LogP contribution in [0.5, 0.6) is 5.75 Å². The van der Waals surface area contributed by atoms with Crippen LogP contribution in [0, 0.1) is 0 Å². The first kappa shape index (κ1) is 14.1. The molecule has 6 nitrogen and oxygen atoms in total. The summed E-state index contributed by atoms with van der Waals surface area (Å²) in [5, 5.41) is 4.11. The number of ether oxygens (including phenoxy) is 1. The van der Waals surface area contributed by atoms with Crippen LogP contribution in [0.25, 0.3) is 0 Å². The third-order valence-corrected chi connectivity index (χ3v) is 2.94. The first-order chi connectivity index (χ1) is 9.49. The number of aryl methyl sites for hydroxylation is 1. The Labute approximate surface area is 117 Å². The van der Waals surface area contributed by atoms with E-state index in [2.05, 4.69) is 5.10 Å². The summed E-state index contributed by atoms with van der Waals surface area (Å²) in [6, 6.07) is 6.58. The molecule has 0 bridgehead atoms. The van der Waals surface area contributed by atoms with E-state index in [9.17, 15) is 4.79 Å². The van der Waals surface area contributed by atoms with Crippen molar-refractivity contribution in [3.8, 4) is 5.75 Å². The summed E-state index contributed by atoms with van der Waals surface area (Å²) >= 11 is 0. The predicted octanol–water partition coefficient (Wildman–Crippen LogP) is 0.986. The average Bonchev–Trinajstić information content (AvgIpc) is 2.82. The molecular formula is C14H18N4O2. The molecule has 0 aliphatic heterocycles. The van der Waals surface area contributed by atoms with E-state index in [1.165, 1.54) is 0 Å². The lowest BCUT2D eigenvalue weighted by molar-refractivity contribution is 0.0990. The molecule has 1 aromatic heterocycles. The van der Waals surface area contributed by atoms with Crippen molar-refractivity contribution in [1.82, 2.24) is 9.78 Å². The summed E-state index contributed by atoms with van der Waals surface area (Å²) in [6.07, 6.45) is 3.13. The Morgan fingerprint density at radius 2 is 2.10 bits per heavy atom. The summed E-state index contributed by atoms with van der Waals surface area (Å²) < 4.78 is 7.56. The molecule has 0 aliphatic rings. The van der Waals surface area contributed by atoms with Crippen LogP contribution in [0.3, 0.4) is 0 Å². The van der Waals surface area contributed by atoms with Gasteiger partial charge in [-0.05, 0) is 19.1 Å². The molecule has 2 aromatic rings. The Morgan fingerprint density at radius 3 is 2.65 bits per heavy atom. The van der Waals surface area contributed by atoms with Crippen molar-refractivity contribution in [1.29, 1.82) is 0 Å². The van der Waals surface area contributed by atoms with E-state index in [1.807, 2.05) is 20.2 Å². The average molecular weight is 274 g/mol. The van der Waals surface area contributed by atoms with Crippen LogP contribution < -0.4 is 16.2 Å². The van der Waals surface area contributed by atoms with Crippen molar-refractivity contribution >= 4 is 5.91 Å². The van der Waals surface area contributed by atoms with Gasteiger partial charge in [0.15, 0.2) is 0 Å². The Bertz CT molecular complexity index is 607. The fourth-order valence-corrected chi connectivity index (χ4v) is 1.98. The second-order valence-electron chi connectivity index (χ2n) is 4.71.